The van der Waals surface area contributed by atoms with E-state index in [9.17, 15) is 25.0 Å². The van der Waals surface area contributed by atoms with Gasteiger partial charge in [0.05, 0.1) is 9.85 Å². The van der Waals surface area contributed by atoms with Crippen molar-refractivity contribution in [3.63, 3.8) is 0 Å². The highest BCUT2D eigenvalue weighted by molar-refractivity contribution is 6.05. The number of nitrogens with zero attached hydrogens (tertiary/aromatic N) is 4. The molecule has 1 heterocycles. The van der Waals surface area contributed by atoms with E-state index >= 15 is 0 Å². The Morgan fingerprint density at radius 2 is 1.59 bits per heavy atom. The Morgan fingerprint density at radius 1 is 0.853 bits per heavy atom. The standard InChI is InChI=1S/C24H23N5O5/c30-24(25-20-6-2-1-3-7-20)19-9-10-22(23(16-19)29(33)34)27-13-11-26(12-14-27)17-18-5-4-8-21(15-18)28(31)32/h1-10,15-16H,11-14,17H2,(H,25,30). The monoisotopic (exact) mass is 461 g/mol. The maximum atomic E-state index is 12.6. The van der Waals surface area contributed by atoms with Gasteiger partial charge in [-0.05, 0) is 29.8 Å². The molecule has 0 aromatic heterocycles. The Balaban J connectivity index is 1.43. The molecule has 0 bridgehead atoms. The van der Waals surface area contributed by atoms with Gasteiger partial charge in [-0.25, -0.2) is 0 Å². The summed E-state index contributed by atoms with van der Waals surface area (Å²) in [4.78, 5) is 38.5. The van der Waals surface area contributed by atoms with Crippen molar-refractivity contribution in [1.82, 2.24) is 4.90 Å². The predicted octanol–water partition coefficient (Wildman–Crippen LogP) is 4.08. The lowest BCUT2D eigenvalue weighted by atomic mass is 10.1. The first-order chi connectivity index (χ1) is 16.4. The molecule has 1 N–H and O–H groups in total. The maximum Gasteiger partial charge on any atom is 0.293 e. The molecule has 3 aromatic carbocycles. The van der Waals surface area contributed by atoms with Crippen LogP contribution in [0.5, 0.6) is 0 Å². The van der Waals surface area contributed by atoms with Crippen LogP contribution < -0.4 is 10.2 Å². The third-order valence-corrected chi connectivity index (χ3v) is 5.71. The lowest BCUT2D eigenvalue weighted by Gasteiger charge is -2.35. The van der Waals surface area contributed by atoms with Gasteiger partial charge in [-0.15, -0.1) is 0 Å². The molecular weight excluding hydrogens is 438 g/mol. The maximum absolute atomic E-state index is 12.6. The van der Waals surface area contributed by atoms with Crippen molar-refractivity contribution in [3.05, 3.63) is 104 Å². The van der Waals surface area contributed by atoms with Gasteiger partial charge in [0.15, 0.2) is 0 Å². The molecule has 4 rings (SSSR count). The third kappa shape index (κ3) is 5.36. The number of rotatable bonds is 7. The molecule has 0 atom stereocenters. The number of hydrogen-bond acceptors (Lipinski definition) is 7. The lowest BCUT2D eigenvalue weighted by molar-refractivity contribution is -0.385. The highest BCUT2D eigenvalue weighted by atomic mass is 16.6. The topological polar surface area (TPSA) is 122 Å². The highest BCUT2D eigenvalue weighted by Crippen LogP contribution is 2.30. The number of piperazine rings is 1. The summed E-state index contributed by atoms with van der Waals surface area (Å²) in [5.41, 5.74) is 2.08. The minimum atomic E-state index is -0.468. The summed E-state index contributed by atoms with van der Waals surface area (Å²) in [7, 11) is 0. The molecule has 0 spiro atoms. The molecule has 34 heavy (non-hydrogen) atoms. The van der Waals surface area contributed by atoms with Crippen molar-refractivity contribution in [2.75, 3.05) is 36.4 Å². The third-order valence-electron chi connectivity index (χ3n) is 5.71. The average Bonchev–Trinajstić information content (AvgIpc) is 2.85. The van der Waals surface area contributed by atoms with Gasteiger partial charge in [-0.3, -0.25) is 29.9 Å². The number of carbonyl (C=O) groups excluding carboxylic acids is 1. The van der Waals surface area contributed by atoms with Gasteiger partial charge in [0, 0.05) is 62.2 Å². The molecule has 1 aliphatic rings. The smallest absolute Gasteiger partial charge is 0.293 e. The molecule has 10 heteroatoms. The van der Waals surface area contributed by atoms with Crippen molar-refractivity contribution in [2.45, 2.75) is 6.54 Å². The number of anilines is 2. The van der Waals surface area contributed by atoms with Crippen LogP contribution in [0.2, 0.25) is 0 Å². The Morgan fingerprint density at radius 3 is 2.26 bits per heavy atom. The Kier molecular flexibility index (Phi) is 6.79. The van der Waals surface area contributed by atoms with Crippen LogP contribution in [0.4, 0.5) is 22.7 Å². The minimum Gasteiger partial charge on any atom is -0.363 e. The van der Waals surface area contributed by atoms with Gasteiger partial charge in [0.25, 0.3) is 17.3 Å². The number of benzene rings is 3. The SMILES string of the molecule is O=C(Nc1ccccc1)c1ccc(N2CCN(Cc3cccc([N+](=O)[O-])c3)CC2)c([N+](=O)[O-])c1. The first-order valence-electron chi connectivity index (χ1n) is 10.8. The number of para-hydroxylation sites is 1. The van der Waals surface area contributed by atoms with E-state index in [0.29, 0.717) is 44.1 Å². The number of nitro groups is 2. The summed E-state index contributed by atoms with van der Waals surface area (Å²) < 4.78 is 0. The van der Waals surface area contributed by atoms with Crippen LogP contribution in [-0.4, -0.2) is 46.8 Å². The zero-order valence-electron chi connectivity index (χ0n) is 18.3. The van der Waals surface area contributed by atoms with E-state index in [1.807, 2.05) is 17.0 Å². The number of non-ortho nitro benzene ring substituents is 1. The molecule has 0 unspecified atom stereocenters. The molecule has 1 amide bonds. The van der Waals surface area contributed by atoms with Crippen molar-refractivity contribution in [1.29, 1.82) is 0 Å². The van der Waals surface area contributed by atoms with Crippen LogP contribution in [0.1, 0.15) is 15.9 Å². The zero-order valence-corrected chi connectivity index (χ0v) is 18.3. The Bertz CT molecular complexity index is 1210. The lowest BCUT2D eigenvalue weighted by Crippen LogP contribution is -2.46. The molecule has 1 fully saturated rings. The van der Waals surface area contributed by atoms with E-state index in [0.717, 1.165) is 5.56 Å². The summed E-state index contributed by atoms with van der Waals surface area (Å²) >= 11 is 0. The van der Waals surface area contributed by atoms with Gasteiger partial charge in [0.2, 0.25) is 0 Å². The molecule has 1 saturated heterocycles. The normalized spacial score (nSPS) is 13.9. The van der Waals surface area contributed by atoms with E-state index in [4.69, 9.17) is 0 Å². The summed E-state index contributed by atoms with van der Waals surface area (Å²) in [6, 6.07) is 20.0. The van der Waals surface area contributed by atoms with E-state index < -0.39 is 15.8 Å². The molecular formula is C24H23N5O5. The van der Waals surface area contributed by atoms with Gasteiger partial charge in [-0.2, -0.15) is 0 Å². The van der Waals surface area contributed by atoms with Gasteiger partial charge in [-0.1, -0.05) is 30.3 Å². The van der Waals surface area contributed by atoms with Crippen LogP contribution >= 0.6 is 0 Å². The summed E-state index contributed by atoms with van der Waals surface area (Å²) in [6.07, 6.45) is 0. The largest absolute Gasteiger partial charge is 0.363 e. The first-order valence-corrected chi connectivity index (χ1v) is 10.8. The van der Waals surface area contributed by atoms with Crippen molar-refractivity contribution in [3.8, 4) is 0 Å². The predicted molar refractivity (Wildman–Crippen MR) is 128 cm³/mol. The molecule has 0 saturated carbocycles. The Hall–Kier alpha value is -4.31. The molecule has 174 valence electrons. The second-order valence-corrected chi connectivity index (χ2v) is 7.97. The highest BCUT2D eigenvalue weighted by Gasteiger charge is 2.25. The van der Waals surface area contributed by atoms with Crippen LogP contribution in [0.3, 0.4) is 0 Å². The molecule has 3 aromatic rings. The number of nitro benzene ring substituents is 2. The zero-order chi connectivity index (χ0) is 24.1. The quantitative estimate of drug-likeness (QED) is 0.416. The molecule has 10 nitrogen and oxygen atoms in total. The van der Waals surface area contributed by atoms with E-state index in [1.165, 1.54) is 12.1 Å². The summed E-state index contributed by atoms with van der Waals surface area (Å²) in [6.45, 7) is 2.99. The van der Waals surface area contributed by atoms with Gasteiger partial charge in [0.1, 0.15) is 5.69 Å². The fourth-order valence-corrected chi connectivity index (χ4v) is 3.98. The van der Waals surface area contributed by atoms with Crippen LogP contribution in [-0.2, 0) is 6.54 Å². The average molecular weight is 461 g/mol. The Labute approximate surface area is 195 Å². The summed E-state index contributed by atoms with van der Waals surface area (Å²) in [5.74, 6) is -0.414. The number of hydrogen-bond donors (Lipinski definition) is 1. The van der Waals surface area contributed by atoms with Crippen molar-refractivity contribution >= 4 is 28.7 Å². The van der Waals surface area contributed by atoms with Gasteiger partial charge < -0.3 is 10.2 Å². The van der Waals surface area contributed by atoms with E-state index in [2.05, 4.69) is 10.2 Å². The summed E-state index contributed by atoms with van der Waals surface area (Å²) in [5, 5.41) is 25.5. The van der Waals surface area contributed by atoms with E-state index in [-0.39, 0.29) is 16.9 Å². The van der Waals surface area contributed by atoms with Gasteiger partial charge >= 0.3 is 0 Å². The second kappa shape index (κ2) is 10.1. The number of amides is 1. The van der Waals surface area contributed by atoms with Crippen LogP contribution in [0.15, 0.2) is 72.8 Å². The van der Waals surface area contributed by atoms with Crippen molar-refractivity contribution < 1.29 is 14.6 Å². The van der Waals surface area contributed by atoms with E-state index in [1.54, 1.807) is 48.5 Å². The minimum absolute atomic E-state index is 0.0585. The van der Waals surface area contributed by atoms with Crippen LogP contribution in [0, 0.1) is 20.2 Å². The first kappa shape index (κ1) is 22.9. The molecule has 0 aliphatic carbocycles. The van der Waals surface area contributed by atoms with Crippen molar-refractivity contribution in [2.24, 2.45) is 0 Å². The second-order valence-electron chi connectivity index (χ2n) is 7.97. The number of nitrogens with one attached hydrogen (secondary N) is 1. The fourth-order valence-electron chi connectivity index (χ4n) is 3.98. The van der Waals surface area contributed by atoms with Crippen LogP contribution in [0.25, 0.3) is 0 Å². The number of carbonyl (C=O) groups is 1. The molecule has 1 aliphatic heterocycles. The molecule has 0 radical (unpaired) electrons. The fraction of sp³-hybridized carbons (Fsp3) is 0.208.